The summed E-state index contributed by atoms with van der Waals surface area (Å²) in [6, 6.07) is 30.6. The fraction of sp³-hybridized carbons (Fsp3) is 0.540. The zero-order chi connectivity index (χ0) is 52.4. The van der Waals surface area contributed by atoms with E-state index in [1.807, 2.05) is 6.07 Å². The largest absolute Gasteiger partial charge is 0.380 e. The maximum Gasteiger partial charge on any atom is 0.224 e. The second-order valence-electron chi connectivity index (χ2n) is 25.1. The first-order chi connectivity index (χ1) is 37.5. The highest BCUT2D eigenvalue weighted by atomic mass is 19.1. The summed E-state index contributed by atoms with van der Waals surface area (Å²) in [6.07, 6.45) is 6.30. The van der Waals surface area contributed by atoms with Crippen LogP contribution in [0.4, 0.5) is 24.5 Å². The van der Waals surface area contributed by atoms with Gasteiger partial charge in [-0.3, -0.25) is 33.2 Å². The number of rotatable bonds is 16. The number of carbonyl (C=O) groups excluding carboxylic acids is 1. The van der Waals surface area contributed by atoms with Gasteiger partial charge in [-0.15, -0.1) is 0 Å². The number of anilines is 2. The van der Waals surface area contributed by atoms with E-state index in [-0.39, 0.29) is 73.2 Å². The number of likely N-dealkylation sites (tertiary alicyclic amines) is 2. The number of aromatic amines is 2. The number of alkyl halides is 2. The molecule has 6 fully saturated rings. The van der Waals surface area contributed by atoms with E-state index in [1.165, 1.54) is 46.1 Å². The second-order valence-corrected chi connectivity index (χ2v) is 25.1. The Balaban J connectivity index is 0.772. The molecule has 15 rings (SSSR count). The summed E-state index contributed by atoms with van der Waals surface area (Å²) < 4.78 is 51.7. The van der Waals surface area contributed by atoms with Crippen LogP contribution in [-0.2, 0) is 22.4 Å². The van der Waals surface area contributed by atoms with Gasteiger partial charge in [0.1, 0.15) is 5.82 Å². The average molecular weight is 1050 g/mol. The van der Waals surface area contributed by atoms with Gasteiger partial charge in [-0.25, -0.2) is 4.39 Å². The number of aromatic nitrogens is 2. The van der Waals surface area contributed by atoms with Crippen molar-refractivity contribution in [3.05, 3.63) is 130 Å². The summed E-state index contributed by atoms with van der Waals surface area (Å²) in [7, 11) is 0. The van der Waals surface area contributed by atoms with Gasteiger partial charge in [-0.2, -0.15) is 0 Å². The average Bonchev–Trinajstić information content (AvgIpc) is 4.32. The molecule has 14 heteroatoms. The number of primary amides is 1. The predicted octanol–water partition coefficient (Wildman–Crippen LogP) is 10.2. The highest BCUT2D eigenvalue weighted by Crippen LogP contribution is 2.72. The molecule has 0 radical (unpaired) electrons. The van der Waals surface area contributed by atoms with Crippen molar-refractivity contribution >= 4 is 39.1 Å². The summed E-state index contributed by atoms with van der Waals surface area (Å²) >= 11 is 0. The number of nitrogens with one attached hydrogen (secondary N) is 4. The molecular weight excluding hydrogens is 972 g/mol. The molecule has 1 amide bonds. The lowest BCUT2D eigenvalue weighted by Crippen LogP contribution is -2.54. The van der Waals surface area contributed by atoms with Crippen LogP contribution in [0.15, 0.2) is 84.9 Å². The summed E-state index contributed by atoms with van der Waals surface area (Å²) in [5.74, 6) is 0.686. The Morgan fingerprint density at radius 1 is 0.753 bits per heavy atom. The molecule has 6 N–H and O–H groups in total. The number of H-pyrrole nitrogens is 2. The van der Waals surface area contributed by atoms with Crippen molar-refractivity contribution in [3.63, 3.8) is 0 Å². The van der Waals surface area contributed by atoms with Gasteiger partial charge in [-0.05, 0) is 135 Å². The van der Waals surface area contributed by atoms with Gasteiger partial charge >= 0.3 is 0 Å². The minimum absolute atomic E-state index is 0.00886. The van der Waals surface area contributed by atoms with Gasteiger partial charge in [0, 0.05) is 119 Å². The quantitative estimate of drug-likeness (QED) is 0.0650. The Kier molecular flexibility index (Phi) is 12.6. The van der Waals surface area contributed by atoms with Crippen LogP contribution in [0.25, 0.3) is 21.8 Å². The van der Waals surface area contributed by atoms with Crippen molar-refractivity contribution in [3.8, 4) is 0 Å². The molecule has 4 aromatic carbocycles. The smallest absolute Gasteiger partial charge is 0.224 e. The van der Waals surface area contributed by atoms with E-state index in [1.54, 1.807) is 6.07 Å². The number of amides is 1. The van der Waals surface area contributed by atoms with Crippen LogP contribution >= 0.6 is 0 Å². The number of carbonyl (C=O) groups is 1. The number of fused-ring (bicyclic) bond motifs is 10. The van der Waals surface area contributed by atoms with E-state index in [0.717, 1.165) is 53.9 Å². The van der Waals surface area contributed by atoms with Crippen LogP contribution in [0.2, 0.25) is 0 Å². The lowest BCUT2D eigenvalue weighted by Gasteiger charge is -2.46. The number of hydrogen-bond acceptors (Lipinski definition) is 8. The normalized spacial score (nSPS) is 32.9. The van der Waals surface area contributed by atoms with Crippen LogP contribution in [0.1, 0.15) is 117 Å². The number of halogens is 3. The molecule has 4 bridgehead atoms. The molecule has 2 aromatic heterocycles. The van der Waals surface area contributed by atoms with E-state index in [4.69, 9.17) is 10.5 Å². The molecule has 11 nitrogen and oxygen atoms in total. The third kappa shape index (κ3) is 8.18. The Labute approximate surface area is 450 Å². The predicted molar refractivity (Wildman–Crippen MR) is 298 cm³/mol. The number of nitrogens with two attached hydrogens (primary N) is 1. The molecule has 0 spiro atoms. The number of hydrogen-bond donors (Lipinski definition) is 5. The van der Waals surface area contributed by atoms with Crippen molar-refractivity contribution < 1.29 is 22.7 Å². The molecule has 9 aliphatic rings. The lowest BCUT2D eigenvalue weighted by molar-refractivity contribution is -0.133. The van der Waals surface area contributed by atoms with Gasteiger partial charge in [0.2, 0.25) is 5.91 Å². The number of benzene rings is 4. The van der Waals surface area contributed by atoms with E-state index in [0.29, 0.717) is 93.5 Å². The molecule has 4 aliphatic carbocycles. The van der Waals surface area contributed by atoms with Crippen LogP contribution in [-0.4, -0.2) is 137 Å². The molecule has 77 heavy (non-hydrogen) atoms. The van der Waals surface area contributed by atoms with Crippen molar-refractivity contribution in [2.24, 2.45) is 28.9 Å². The van der Waals surface area contributed by atoms with Gasteiger partial charge in [0.25, 0.3) is 0 Å². The molecule has 13 atom stereocenters. The molecule has 4 saturated carbocycles. The standard InChI is InChI=1S/C63H76F3N9O2/c1-35-22-36(2)53(23-35)74-37(3)24-45-43-10-4-6-12-50(43)70-58(45)60(74)38-14-16-39(17-15-38)69-52-32-73(21-9-19-65)33-55(52)77-34-42-27-46-44-11-5-7-13-51(44)71-59(46)61-56-47(57-48-28-63(57,62(67)76)29-54(48)75(42)61)25-40(26-49(56)66)68-41-30-72(31-41)20-8-18-64/h4-7,10-17,25-26,35-37,41-42,48,52-55,57,60-61,68-71H,8-9,18-24,27-34H2,1-3H3,(H2,67,76)/t35?,36?,37-,42+,48?,52-,53-,54-,55+,57?,60-,61-,63?/m1/s1. The van der Waals surface area contributed by atoms with Crippen molar-refractivity contribution in [1.82, 2.24) is 29.6 Å². The Morgan fingerprint density at radius 3 is 2.10 bits per heavy atom. The van der Waals surface area contributed by atoms with E-state index in [9.17, 15) is 13.6 Å². The summed E-state index contributed by atoms with van der Waals surface area (Å²) in [4.78, 5) is 31.5. The highest BCUT2D eigenvalue weighted by molar-refractivity contribution is 5.88. The SMILES string of the molecule is CC1CC(C)[C@H](N2[C@H](c3ccc(N[C@@H]4CN(CCCF)C[C@@H]4OC[C@@H]4Cc5c([nH]c6ccccc56)[C@H]5c6c(F)cc(NC7CN(CCCF)C7)cc6C6C7CC6(C(N)=O)C[C@H]7N45)cc3)c3[nH]c4ccccc4c3C[C@H]2C)C1. The Morgan fingerprint density at radius 2 is 1.43 bits per heavy atom. The summed E-state index contributed by atoms with van der Waals surface area (Å²) in [5.41, 5.74) is 17.4. The topological polar surface area (TPSA) is 121 Å². The van der Waals surface area contributed by atoms with Crippen LogP contribution in [0, 0.1) is 29.0 Å². The molecule has 5 unspecified atom stereocenters. The van der Waals surface area contributed by atoms with Gasteiger partial charge in [0.05, 0.1) is 55.6 Å². The van der Waals surface area contributed by atoms with Gasteiger partial charge in [-0.1, -0.05) is 62.4 Å². The maximum absolute atomic E-state index is 17.7. The number of nitrogens with zero attached hydrogens (tertiary/aromatic N) is 4. The maximum atomic E-state index is 17.7. The lowest BCUT2D eigenvalue weighted by atomic mass is 9.56. The Hall–Kier alpha value is -5.38. The van der Waals surface area contributed by atoms with E-state index in [2.05, 4.69) is 134 Å². The second kappa shape index (κ2) is 19.5. The molecule has 406 valence electrons. The third-order valence-corrected chi connectivity index (χ3v) is 20.5. The molecule has 2 saturated heterocycles. The minimum Gasteiger partial charge on any atom is -0.380 e. The Bertz CT molecular complexity index is 3190. The molecular formula is C63H76F3N9O2. The first kappa shape index (κ1) is 49.9. The van der Waals surface area contributed by atoms with Crippen LogP contribution < -0.4 is 16.4 Å². The van der Waals surface area contributed by atoms with Gasteiger partial charge in [0.15, 0.2) is 0 Å². The number of para-hydroxylation sites is 2. The van der Waals surface area contributed by atoms with E-state index >= 15 is 4.39 Å². The van der Waals surface area contributed by atoms with E-state index < -0.39 is 11.5 Å². The molecule has 5 aliphatic heterocycles. The van der Waals surface area contributed by atoms with Crippen molar-refractivity contribution in [2.45, 2.75) is 132 Å². The molecule has 7 heterocycles. The summed E-state index contributed by atoms with van der Waals surface area (Å²) in [5, 5.41) is 10.0. The first-order valence-corrected chi connectivity index (χ1v) is 29.2. The first-order valence-electron chi connectivity index (χ1n) is 29.2. The number of ether oxygens (including phenoxy) is 1. The zero-order valence-corrected chi connectivity index (χ0v) is 44.9. The monoisotopic (exact) mass is 1050 g/mol. The zero-order valence-electron chi connectivity index (χ0n) is 44.9. The minimum atomic E-state index is -0.752. The van der Waals surface area contributed by atoms with Crippen molar-refractivity contribution in [2.75, 3.05) is 69.9 Å². The third-order valence-electron chi connectivity index (χ3n) is 20.5. The summed E-state index contributed by atoms with van der Waals surface area (Å²) in [6.45, 7) is 11.3. The van der Waals surface area contributed by atoms with Gasteiger partial charge < -0.3 is 31.1 Å². The fourth-order valence-electron chi connectivity index (χ4n) is 17.2. The highest BCUT2D eigenvalue weighted by Gasteiger charge is 2.71. The fourth-order valence-corrected chi connectivity index (χ4v) is 17.2. The van der Waals surface area contributed by atoms with Crippen LogP contribution in [0.3, 0.4) is 0 Å². The van der Waals surface area contributed by atoms with Crippen LogP contribution in [0.5, 0.6) is 0 Å². The van der Waals surface area contributed by atoms with Crippen molar-refractivity contribution in [1.29, 1.82) is 0 Å². The molecule has 6 aromatic rings.